The third-order valence-electron chi connectivity index (χ3n) is 6.37. The highest BCUT2D eigenvalue weighted by Gasteiger charge is 2.36. The number of nitrogens with one attached hydrogen (secondary N) is 2. The number of nitrogens with zero attached hydrogens (tertiary/aromatic N) is 2. The molecule has 5 rings (SSSR count). The Hall–Kier alpha value is -2.95. The van der Waals surface area contributed by atoms with Gasteiger partial charge in [0.25, 0.3) is 5.19 Å². The number of rotatable bonds is 6. The highest BCUT2D eigenvalue weighted by atomic mass is 32.1. The van der Waals surface area contributed by atoms with E-state index in [-0.39, 0.29) is 29.9 Å². The van der Waals surface area contributed by atoms with E-state index < -0.39 is 0 Å². The number of halogens is 1. The average Bonchev–Trinajstić information content (AvgIpc) is 3.50. The zero-order chi connectivity index (χ0) is 23.7. The summed E-state index contributed by atoms with van der Waals surface area (Å²) in [5, 5.41) is 0.544. The molecule has 180 valence electrons. The van der Waals surface area contributed by atoms with Crippen LogP contribution in [0.3, 0.4) is 0 Å². The van der Waals surface area contributed by atoms with Gasteiger partial charge in [-0.05, 0) is 42.8 Å². The van der Waals surface area contributed by atoms with Crippen LogP contribution >= 0.6 is 11.3 Å². The van der Waals surface area contributed by atoms with Crippen LogP contribution in [-0.2, 0) is 4.79 Å². The van der Waals surface area contributed by atoms with Crippen LogP contribution in [0.15, 0.2) is 36.4 Å². The zero-order valence-corrected chi connectivity index (χ0v) is 19.9. The fourth-order valence-corrected chi connectivity index (χ4v) is 5.42. The Labute approximate surface area is 201 Å². The van der Waals surface area contributed by atoms with Crippen molar-refractivity contribution in [1.82, 2.24) is 20.7 Å². The highest BCUT2D eigenvalue weighted by molar-refractivity contribution is 7.20. The second-order valence-electron chi connectivity index (χ2n) is 8.47. The number of hydrazine groups is 1. The van der Waals surface area contributed by atoms with E-state index >= 15 is 0 Å². The Kier molecular flexibility index (Phi) is 6.53. The summed E-state index contributed by atoms with van der Waals surface area (Å²) >= 11 is 1.34. The lowest BCUT2D eigenvalue weighted by Gasteiger charge is -2.33. The first-order valence-electron chi connectivity index (χ1n) is 11.3. The molecule has 8 nitrogen and oxygen atoms in total. The number of benzene rings is 2. The second-order valence-corrected chi connectivity index (χ2v) is 9.46. The number of thiazole rings is 1. The molecule has 0 saturated carbocycles. The van der Waals surface area contributed by atoms with Gasteiger partial charge < -0.3 is 19.1 Å². The quantitative estimate of drug-likeness (QED) is 0.552. The average molecular weight is 487 g/mol. The smallest absolute Gasteiger partial charge is 0.274 e. The minimum Gasteiger partial charge on any atom is -0.497 e. The van der Waals surface area contributed by atoms with Gasteiger partial charge in [0.1, 0.15) is 29.5 Å². The van der Waals surface area contributed by atoms with Gasteiger partial charge in [-0.15, -0.1) is 0 Å². The topological polar surface area (TPSA) is 85.0 Å². The summed E-state index contributed by atoms with van der Waals surface area (Å²) in [4.78, 5) is 19.5. The van der Waals surface area contributed by atoms with E-state index in [9.17, 15) is 9.18 Å². The predicted octanol–water partition coefficient (Wildman–Crippen LogP) is 3.43. The van der Waals surface area contributed by atoms with Crippen molar-refractivity contribution < 1.29 is 23.4 Å². The van der Waals surface area contributed by atoms with Gasteiger partial charge >= 0.3 is 0 Å². The molecular weight excluding hydrogens is 459 g/mol. The van der Waals surface area contributed by atoms with Crippen molar-refractivity contribution in [3.8, 4) is 16.7 Å². The maximum absolute atomic E-state index is 13.4. The van der Waals surface area contributed by atoms with E-state index in [4.69, 9.17) is 14.2 Å². The minimum absolute atomic E-state index is 0.0158. The molecule has 2 unspecified atom stereocenters. The van der Waals surface area contributed by atoms with Crippen LogP contribution in [0.2, 0.25) is 0 Å². The molecule has 3 heterocycles. The Morgan fingerprint density at radius 1 is 1.12 bits per heavy atom. The summed E-state index contributed by atoms with van der Waals surface area (Å²) < 4.78 is 31.1. The number of amides is 1. The Morgan fingerprint density at radius 3 is 2.71 bits per heavy atom. The number of hydrogen-bond acceptors (Lipinski definition) is 8. The lowest BCUT2D eigenvalue weighted by Crippen LogP contribution is -2.49. The minimum atomic E-state index is -0.322. The zero-order valence-electron chi connectivity index (χ0n) is 19.0. The molecule has 2 atom stereocenters. The summed E-state index contributed by atoms with van der Waals surface area (Å²) in [5.74, 6) is 1.29. The molecule has 2 fully saturated rings. The second kappa shape index (κ2) is 9.73. The fraction of sp³-hybridized carbons (Fsp3) is 0.417. The molecule has 10 heteroatoms. The van der Waals surface area contributed by atoms with Crippen LogP contribution in [0.5, 0.6) is 16.7 Å². The van der Waals surface area contributed by atoms with Gasteiger partial charge in [-0.2, -0.15) is 0 Å². The number of fused-ring (bicyclic) bond motifs is 1. The number of methoxy groups -OCH3 is 2. The fourth-order valence-electron chi connectivity index (χ4n) is 4.52. The first kappa shape index (κ1) is 22.8. The van der Waals surface area contributed by atoms with E-state index in [1.165, 1.54) is 23.5 Å². The summed E-state index contributed by atoms with van der Waals surface area (Å²) in [7, 11) is 3.26. The third kappa shape index (κ3) is 4.66. The van der Waals surface area contributed by atoms with Crippen LogP contribution in [-0.4, -0.2) is 55.2 Å². The number of hydrogen-bond donors (Lipinski definition) is 2. The molecule has 34 heavy (non-hydrogen) atoms. The van der Waals surface area contributed by atoms with E-state index in [0.717, 1.165) is 40.1 Å². The van der Waals surface area contributed by atoms with Crippen molar-refractivity contribution in [2.45, 2.75) is 37.5 Å². The summed E-state index contributed by atoms with van der Waals surface area (Å²) in [5.41, 5.74) is 8.07. The molecule has 2 aliphatic heterocycles. The molecule has 3 aromatic rings. The molecule has 2 aromatic carbocycles. The number of piperidine rings is 1. The maximum atomic E-state index is 13.4. The number of likely N-dealkylation sites (tertiary alicyclic amines) is 1. The standard InChI is InChI=1S/C24H27FN4O4S/c1-31-16-4-6-21(32-2)17(12-16)19-13-20(28-27-19)23(30)29-9-7-15(8-10-29)33-24-26-18-5-3-14(25)11-22(18)34-24/h3-6,11-12,15,19-20,27-28H,7-10,13H2,1-2H3. The molecule has 2 saturated heterocycles. The molecule has 1 aromatic heterocycles. The van der Waals surface area contributed by atoms with Crippen molar-refractivity contribution in [2.24, 2.45) is 0 Å². The monoisotopic (exact) mass is 486 g/mol. The van der Waals surface area contributed by atoms with Crippen molar-refractivity contribution >= 4 is 27.5 Å². The van der Waals surface area contributed by atoms with Gasteiger partial charge in [-0.25, -0.2) is 20.2 Å². The van der Waals surface area contributed by atoms with E-state index in [0.29, 0.717) is 24.7 Å². The molecule has 2 N–H and O–H groups in total. The van der Waals surface area contributed by atoms with E-state index in [1.54, 1.807) is 20.3 Å². The van der Waals surface area contributed by atoms with E-state index in [1.807, 2.05) is 23.1 Å². The Morgan fingerprint density at radius 2 is 1.94 bits per heavy atom. The Bertz CT molecular complexity index is 1180. The number of carbonyl (C=O) groups is 1. The summed E-state index contributed by atoms with van der Waals surface area (Å²) in [6.45, 7) is 1.24. The first-order chi connectivity index (χ1) is 16.5. The molecular formula is C24H27FN4O4S. The maximum Gasteiger partial charge on any atom is 0.274 e. The van der Waals surface area contributed by atoms with Crippen LogP contribution in [0.25, 0.3) is 10.2 Å². The van der Waals surface area contributed by atoms with Crippen LogP contribution < -0.4 is 25.1 Å². The van der Waals surface area contributed by atoms with Crippen LogP contribution in [0.1, 0.15) is 30.9 Å². The van der Waals surface area contributed by atoms with Crippen molar-refractivity contribution in [3.05, 3.63) is 47.8 Å². The lowest BCUT2D eigenvalue weighted by atomic mass is 9.99. The van der Waals surface area contributed by atoms with Gasteiger partial charge in [0.05, 0.1) is 30.5 Å². The van der Waals surface area contributed by atoms with Gasteiger partial charge in [-0.3, -0.25) is 4.79 Å². The predicted molar refractivity (Wildman–Crippen MR) is 127 cm³/mol. The van der Waals surface area contributed by atoms with Crippen LogP contribution in [0.4, 0.5) is 4.39 Å². The SMILES string of the molecule is COc1ccc(OC)c(C2CC(C(=O)N3CCC(Oc4nc5ccc(F)cc5s4)CC3)NN2)c1. The Balaban J connectivity index is 1.16. The number of aromatic nitrogens is 1. The van der Waals surface area contributed by atoms with Gasteiger partial charge in [0.15, 0.2) is 0 Å². The lowest BCUT2D eigenvalue weighted by molar-refractivity contribution is -0.135. The normalized spacial score (nSPS) is 21.1. The third-order valence-corrected chi connectivity index (χ3v) is 7.27. The molecule has 0 spiro atoms. The van der Waals surface area contributed by atoms with Crippen LogP contribution in [0, 0.1) is 5.82 Å². The number of carbonyl (C=O) groups excluding carboxylic acids is 1. The highest BCUT2D eigenvalue weighted by Crippen LogP contribution is 2.34. The molecule has 0 aliphatic carbocycles. The summed E-state index contributed by atoms with van der Waals surface area (Å²) in [6, 6.07) is 9.80. The molecule has 0 bridgehead atoms. The van der Waals surface area contributed by atoms with Gasteiger partial charge in [0, 0.05) is 31.5 Å². The molecule has 0 radical (unpaired) electrons. The van der Waals surface area contributed by atoms with Crippen molar-refractivity contribution in [3.63, 3.8) is 0 Å². The summed E-state index contributed by atoms with van der Waals surface area (Å²) in [6.07, 6.45) is 2.05. The largest absolute Gasteiger partial charge is 0.497 e. The van der Waals surface area contributed by atoms with E-state index in [2.05, 4.69) is 15.8 Å². The van der Waals surface area contributed by atoms with Crippen molar-refractivity contribution in [2.75, 3.05) is 27.3 Å². The van der Waals surface area contributed by atoms with Gasteiger partial charge in [-0.1, -0.05) is 11.3 Å². The van der Waals surface area contributed by atoms with Gasteiger partial charge in [0.2, 0.25) is 5.91 Å². The molecule has 2 aliphatic rings. The number of ether oxygens (including phenoxy) is 3. The molecule has 1 amide bonds. The van der Waals surface area contributed by atoms with Crippen molar-refractivity contribution in [1.29, 1.82) is 0 Å². The first-order valence-corrected chi connectivity index (χ1v) is 12.1.